The Hall–Kier alpha value is -1.62. The zero-order chi connectivity index (χ0) is 14.7. The van der Waals surface area contributed by atoms with Crippen LogP contribution in [0.2, 0.25) is 0 Å². The fraction of sp³-hybridized carbons (Fsp3) is 0.600. The minimum Gasteiger partial charge on any atom is -0.312 e. The van der Waals surface area contributed by atoms with Crippen LogP contribution in [-0.4, -0.2) is 26.5 Å². The Balaban J connectivity index is 1.81. The average molecular weight is 275 g/mol. The van der Waals surface area contributed by atoms with E-state index in [4.69, 9.17) is 0 Å². The monoisotopic (exact) mass is 275 g/mol. The van der Waals surface area contributed by atoms with Crippen LogP contribution < -0.4 is 5.32 Å². The van der Waals surface area contributed by atoms with Crippen LogP contribution in [0, 0.1) is 33.6 Å². The van der Waals surface area contributed by atoms with E-state index in [-0.39, 0.29) is 0 Å². The van der Waals surface area contributed by atoms with E-state index in [2.05, 4.69) is 52.1 Å². The number of nitrogens with one attached hydrogen (secondary N) is 2. The van der Waals surface area contributed by atoms with Gasteiger partial charge in [-0.15, -0.1) is 0 Å². The van der Waals surface area contributed by atoms with E-state index in [0.29, 0.717) is 5.92 Å². The van der Waals surface area contributed by atoms with Crippen LogP contribution >= 0.6 is 0 Å². The van der Waals surface area contributed by atoms with Gasteiger partial charge in [0.15, 0.2) is 0 Å². The molecule has 1 atom stereocenters. The van der Waals surface area contributed by atoms with Crippen molar-refractivity contribution in [1.82, 2.24) is 25.3 Å². The number of H-pyrrole nitrogens is 1. The summed E-state index contributed by atoms with van der Waals surface area (Å²) in [5.41, 5.74) is 5.84. The molecule has 2 rings (SSSR count). The van der Waals surface area contributed by atoms with Crippen molar-refractivity contribution in [2.45, 2.75) is 47.7 Å². The number of hydrogen-bond donors (Lipinski definition) is 2. The van der Waals surface area contributed by atoms with Crippen molar-refractivity contribution < 1.29 is 0 Å². The molecular weight excluding hydrogens is 250 g/mol. The van der Waals surface area contributed by atoms with E-state index in [0.717, 1.165) is 36.7 Å². The molecule has 0 radical (unpaired) electrons. The molecule has 110 valence electrons. The highest BCUT2D eigenvalue weighted by Crippen LogP contribution is 2.09. The minimum absolute atomic E-state index is 0.542. The van der Waals surface area contributed by atoms with Gasteiger partial charge in [0, 0.05) is 30.0 Å². The summed E-state index contributed by atoms with van der Waals surface area (Å²) in [6, 6.07) is 2.12. The molecule has 5 heteroatoms. The topological polar surface area (TPSA) is 58.5 Å². The maximum Gasteiger partial charge on any atom is 0.0638 e. The Bertz CT molecular complexity index is 547. The molecular formula is C15H25N5. The molecule has 2 N–H and O–H groups in total. The molecule has 2 aromatic rings. The van der Waals surface area contributed by atoms with Crippen molar-refractivity contribution in [2.24, 2.45) is 5.92 Å². The summed E-state index contributed by atoms with van der Waals surface area (Å²) in [4.78, 5) is 0. The van der Waals surface area contributed by atoms with Crippen LogP contribution in [0.5, 0.6) is 0 Å². The Kier molecular flexibility index (Phi) is 4.60. The summed E-state index contributed by atoms with van der Waals surface area (Å²) in [5, 5.41) is 15.3. The lowest BCUT2D eigenvalue weighted by molar-refractivity contribution is 0.415. The number of aryl methyl sites for hydroxylation is 4. The van der Waals surface area contributed by atoms with E-state index in [1.54, 1.807) is 0 Å². The van der Waals surface area contributed by atoms with Gasteiger partial charge in [-0.1, -0.05) is 6.92 Å². The molecule has 2 aromatic heterocycles. The molecule has 0 fully saturated rings. The first kappa shape index (κ1) is 14.8. The maximum atomic E-state index is 4.51. The van der Waals surface area contributed by atoms with Gasteiger partial charge in [0.2, 0.25) is 0 Å². The molecule has 20 heavy (non-hydrogen) atoms. The molecule has 1 unspecified atom stereocenters. The normalized spacial score (nSPS) is 12.8. The number of aromatic nitrogens is 4. The zero-order valence-electron chi connectivity index (χ0n) is 13.1. The predicted octanol–water partition coefficient (Wildman–Crippen LogP) is 2.27. The van der Waals surface area contributed by atoms with E-state index in [9.17, 15) is 0 Å². The lowest BCUT2D eigenvalue weighted by Gasteiger charge is -2.14. The van der Waals surface area contributed by atoms with Crippen LogP contribution in [0.3, 0.4) is 0 Å². The summed E-state index contributed by atoms with van der Waals surface area (Å²) in [7, 11) is 0. The van der Waals surface area contributed by atoms with Gasteiger partial charge in [0.1, 0.15) is 0 Å². The number of rotatable bonds is 6. The van der Waals surface area contributed by atoms with E-state index < -0.39 is 0 Å². The molecule has 0 saturated heterocycles. The van der Waals surface area contributed by atoms with Crippen LogP contribution in [0.25, 0.3) is 0 Å². The second-order valence-corrected chi connectivity index (χ2v) is 5.76. The first-order chi connectivity index (χ1) is 9.47. The van der Waals surface area contributed by atoms with Gasteiger partial charge < -0.3 is 5.32 Å². The predicted molar refractivity (Wildman–Crippen MR) is 80.6 cm³/mol. The van der Waals surface area contributed by atoms with Crippen molar-refractivity contribution in [3.63, 3.8) is 0 Å². The van der Waals surface area contributed by atoms with Gasteiger partial charge in [-0.25, -0.2) is 0 Å². The lowest BCUT2D eigenvalue weighted by Crippen LogP contribution is -2.25. The maximum absolute atomic E-state index is 4.51. The second-order valence-electron chi connectivity index (χ2n) is 5.76. The Morgan fingerprint density at radius 3 is 2.60 bits per heavy atom. The highest BCUT2D eigenvalue weighted by atomic mass is 15.3. The third-order valence-corrected chi connectivity index (χ3v) is 3.66. The van der Waals surface area contributed by atoms with Gasteiger partial charge >= 0.3 is 0 Å². The average Bonchev–Trinajstić information content (AvgIpc) is 2.85. The smallest absolute Gasteiger partial charge is 0.0638 e. The largest absolute Gasteiger partial charge is 0.312 e. The third kappa shape index (κ3) is 3.48. The Labute approximate surface area is 120 Å². The fourth-order valence-corrected chi connectivity index (χ4v) is 2.50. The van der Waals surface area contributed by atoms with Gasteiger partial charge in [-0.05, 0) is 46.2 Å². The summed E-state index contributed by atoms with van der Waals surface area (Å²) < 4.78 is 2.09. The van der Waals surface area contributed by atoms with Gasteiger partial charge in [0.05, 0.1) is 11.4 Å². The first-order valence-electron chi connectivity index (χ1n) is 7.19. The van der Waals surface area contributed by atoms with Crippen LogP contribution in [0.1, 0.15) is 35.3 Å². The van der Waals surface area contributed by atoms with Crippen molar-refractivity contribution in [3.8, 4) is 0 Å². The molecule has 0 spiro atoms. The van der Waals surface area contributed by atoms with E-state index >= 15 is 0 Å². The molecule has 0 saturated carbocycles. The molecule has 0 aliphatic heterocycles. The van der Waals surface area contributed by atoms with Gasteiger partial charge in [-0.2, -0.15) is 10.2 Å². The molecule has 2 heterocycles. The molecule has 0 amide bonds. The first-order valence-corrected chi connectivity index (χ1v) is 7.19. The van der Waals surface area contributed by atoms with Crippen molar-refractivity contribution in [2.75, 3.05) is 6.54 Å². The van der Waals surface area contributed by atoms with Crippen LogP contribution in [-0.2, 0) is 13.1 Å². The van der Waals surface area contributed by atoms with Crippen LogP contribution in [0.4, 0.5) is 0 Å². The Morgan fingerprint density at radius 2 is 2.05 bits per heavy atom. The lowest BCUT2D eigenvalue weighted by atomic mass is 10.1. The molecule has 0 aliphatic rings. The molecule has 0 aliphatic carbocycles. The number of nitrogens with zero attached hydrogens (tertiary/aromatic N) is 3. The summed E-state index contributed by atoms with van der Waals surface area (Å²) in [5.74, 6) is 0.542. The van der Waals surface area contributed by atoms with Crippen molar-refractivity contribution in [3.05, 3.63) is 34.4 Å². The third-order valence-electron chi connectivity index (χ3n) is 3.66. The van der Waals surface area contributed by atoms with E-state index in [1.807, 2.05) is 13.8 Å². The van der Waals surface area contributed by atoms with Crippen molar-refractivity contribution in [1.29, 1.82) is 0 Å². The summed E-state index contributed by atoms with van der Waals surface area (Å²) >= 11 is 0. The summed E-state index contributed by atoms with van der Waals surface area (Å²) in [6.45, 7) is 13.3. The fourth-order valence-electron chi connectivity index (χ4n) is 2.50. The molecule has 5 nitrogen and oxygen atoms in total. The highest BCUT2D eigenvalue weighted by Gasteiger charge is 2.09. The Morgan fingerprint density at radius 1 is 1.30 bits per heavy atom. The highest BCUT2D eigenvalue weighted by molar-refractivity contribution is 5.22. The summed E-state index contributed by atoms with van der Waals surface area (Å²) in [6.07, 6.45) is 0. The van der Waals surface area contributed by atoms with Crippen LogP contribution in [0.15, 0.2) is 6.07 Å². The second kappa shape index (κ2) is 6.22. The van der Waals surface area contributed by atoms with Gasteiger partial charge in [0.25, 0.3) is 0 Å². The minimum atomic E-state index is 0.542. The molecule has 0 bridgehead atoms. The standard InChI is InChI=1S/C15H25N5/c1-10(9-20-12(3)6-11(2)19-20)7-16-8-15-13(4)17-18-14(15)5/h6,10,16H,7-9H2,1-5H3,(H,17,18). The number of hydrogen-bond acceptors (Lipinski definition) is 3. The number of aromatic amines is 1. The van der Waals surface area contributed by atoms with Gasteiger partial charge in [-0.3, -0.25) is 9.78 Å². The SMILES string of the molecule is Cc1cc(C)n(CC(C)CNCc2c(C)n[nH]c2C)n1. The quantitative estimate of drug-likeness (QED) is 0.850. The zero-order valence-corrected chi connectivity index (χ0v) is 13.1. The van der Waals surface area contributed by atoms with E-state index in [1.165, 1.54) is 11.3 Å². The van der Waals surface area contributed by atoms with Crippen molar-refractivity contribution >= 4 is 0 Å². The molecule has 0 aromatic carbocycles.